The molecule has 0 bridgehead atoms. The van der Waals surface area contributed by atoms with Gasteiger partial charge in [0.15, 0.2) is 8.32 Å². The largest absolute Gasteiger partial charge is 0.495 e. The summed E-state index contributed by atoms with van der Waals surface area (Å²) in [6.07, 6.45) is -0.724. The van der Waals surface area contributed by atoms with E-state index in [0.717, 1.165) is 11.0 Å². The Hall–Kier alpha value is -0.568. The smallest absolute Gasteiger partial charge is 0.489 e. The highest BCUT2D eigenvalue weighted by Crippen LogP contribution is 2.38. The fraction of sp³-hybridized carbons (Fsp3) is 0.727. The van der Waals surface area contributed by atoms with E-state index in [0.29, 0.717) is 10.8 Å². The molecule has 0 aliphatic carbocycles. The number of aliphatic hydroxyl groups excluding tert-OH is 1. The Balaban J connectivity index is 2.01. The summed E-state index contributed by atoms with van der Waals surface area (Å²) < 4.78 is 24.1. The van der Waals surface area contributed by atoms with Crippen molar-refractivity contribution in [2.24, 2.45) is 0 Å². The van der Waals surface area contributed by atoms with Crippen molar-refractivity contribution in [3.8, 4) is 5.75 Å². The van der Waals surface area contributed by atoms with Gasteiger partial charge in [-0.25, -0.2) is 0 Å². The molecule has 1 atom stereocenters. The first-order valence-corrected chi connectivity index (χ1v) is 13.9. The van der Waals surface area contributed by atoms with E-state index in [9.17, 15) is 5.11 Å². The molecule has 1 saturated heterocycles. The van der Waals surface area contributed by atoms with Crippen LogP contribution in [0, 0.1) is 6.92 Å². The topological polar surface area (TPSA) is 57.2 Å². The maximum atomic E-state index is 10.3. The first-order chi connectivity index (χ1) is 13.5. The molecule has 1 unspecified atom stereocenters. The lowest BCUT2D eigenvalue weighted by Crippen LogP contribution is -2.43. The zero-order valence-electron chi connectivity index (χ0n) is 20.2. The van der Waals surface area contributed by atoms with E-state index in [2.05, 4.69) is 33.9 Å². The number of hydrogen-bond donors (Lipinski definition) is 1. The molecule has 1 N–H and O–H groups in total. The minimum atomic E-state index is -1.91. The average molecular weight is 457 g/mol. The lowest BCUT2D eigenvalue weighted by molar-refractivity contribution is 0.00578. The molecule has 1 aromatic carbocycles. The van der Waals surface area contributed by atoms with E-state index in [1.807, 2.05) is 40.7 Å². The Morgan fingerprint density at radius 1 is 1.10 bits per heavy atom. The van der Waals surface area contributed by atoms with Crippen molar-refractivity contribution in [3.05, 3.63) is 22.7 Å². The van der Waals surface area contributed by atoms with Crippen LogP contribution in [0.1, 0.15) is 54.0 Å². The summed E-state index contributed by atoms with van der Waals surface area (Å²) in [5.74, 6) is 0.529. The molecule has 170 valence electrons. The number of aliphatic hydroxyl groups is 1. The number of benzene rings is 1. The second-order valence-electron chi connectivity index (χ2n) is 10.7. The van der Waals surface area contributed by atoms with Crippen molar-refractivity contribution >= 4 is 32.5 Å². The molecule has 0 amide bonds. The molecule has 1 aliphatic rings. The van der Waals surface area contributed by atoms with Crippen LogP contribution in [0.25, 0.3) is 0 Å². The van der Waals surface area contributed by atoms with Crippen LogP contribution >= 0.6 is 11.6 Å². The Labute approximate surface area is 188 Å². The van der Waals surface area contributed by atoms with Crippen molar-refractivity contribution in [2.75, 3.05) is 13.2 Å². The van der Waals surface area contributed by atoms with Gasteiger partial charge in [-0.1, -0.05) is 38.4 Å². The lowest BCUT2D eigenvalue weighted by Gasteiger charge is -2.36. The van der Waals surface area contributed by atoms with Crippen molar-refractivity contribution in [1.82, 2.24) is 0 Å². The van der Waals surface area contributed by atoms with Gasteiger partial charge in [0.05, 0.1) is 22.8 Å². The Morgan fingerprint density at radius 3 is 2.13 bits per heavy atom. The maximum absolute atomic E-state index is 10.3. The van der Waals surface area contributed by atoms with E-state index < -0.39 is 32.7 Å². The second kappa shape index (κ2) is 8.76. The third-order valence-electron chi connectivity index (χ3n) is 6.77. The zero-order valence-corrected chi connectivity index (χ0v) is 21.9. The van der Waals surface area contributed by atoms with Crippen LogP contribution < -0.4 is 10.2 Å². The summed E-state index contributed by atoms with van der Waals surface area (Å²) in [5, 5.41) is 10.9. The van der Waals surface area contributed by atoms with Gasteiger partial charge in [-0.05, 0) is 69.8 Å². The molecule has 30 heavy (non-hydrogen) atoms. The van der Waals surface area contributed by atoms with Crippen LogP contribution in [0.5, 0.6) is 5.75 Å². The molecular formula is C22H38BClO5Si. The number of ether oxygens (including phenoxy) is 1. The summed E-state index contributed by atoms with van der Waals surface area (Å²) >= 11 is 6.57. The minimum Gasteiger partial charge on any atom is -0.489 e. The molecular weight excluding hydrogens is 419 g/mol. The third kappa shape index (κ3) is 5.43. The molecule has 0 radical (unpaired) electrons. The van der Waals surface area contributed by atoms with Crippen molar-refractivity contribution in [3.63, 3.8) is 0 Å². The Bertz CT molecular complexity index is 745. The number of hydrogen-bond acceptors (Lipinski definition) is 5. The standard InChI is InChI=1S/C22H38BClO5Si/c1-15-17(23-28-21(5,6)22(7,8)29-23)11-12-18(19(15)24)26-13-16(25)14-27-30(9,10)20(2,3)4/h11-12,16,25H,13-14H2,1-10H3. The monoisotopic (exact) mass is 456 g/mol. The second-order valence-corrected chi connectivity index (χ2v) is 15.9. The SMILES string of the molecule is Cc1c(B2OC(C)(C)C(C)(C)O2)ccc(OCC(O)CO[Si](C)(C)C(C)(C)C)c1Cl. The number of halogens is 1. The predicted octanol–water partition coefficient (Wildman–Crippen LogP) is 4.71. The first-order valence-electron chi connectivity index (χ1n) is 10.6. The van der Waals surface area contributed by atoms with Gasteiger partial charge in [0, 0.05) is 0 Å². The van der Waals surface area contributed by atoms with Crippen LogP contribution in [0.2, 0.25) is 23.2 Å². The summed E-state index contributed by atoms with van der Waals surface area (Å²) in [5.41, 5.74) is 0.896. The summed E-state index contributed by atoms with van der Waals surface area (Å²) in [4.78, 5) is 0. The van der Waals surface area contributed by atoms with E-state index in [4.69, 9.17) is 30.1 Å². The van der Waals surface area contributed by atoms with Crippen LogP contribution in [0.3, 0.4) is 0 Å². The minimum absolute atomic E-state index is 0.0946. The van der Waals surface area contributed by atoms with Crippen molar-refractivity contribution in [1.29, 1.82) is 0 Å². The highest BCUT2D eigenvalue weighted by atomic mass is 35.5. The molecule has 0 saturated carbocycles. The fourth-order valence-electron chi connectivity index (χ4n) is 2.77. The average Bonchev–Trinajstić information content (AvgIpc) is 2.80. The van der Waals surface area contributed by atoms with E-state index >= 15 is 0 Å². The number of rotatable bonds is 7. The molecule has 1 aromatic rings. The van der Waals surface area contributed by atoms with Crippen LogP contribution in [0.4, 0.5) is 0 Å². The molecule has 0 aromatic heterocycles. The summed E-state index contributed by atoms with van der Waals surface area (Å²) in [7, 11) is -2.39. The first kappa shape index (κ1) is 25.7. The fourth-order valence-corrected chi connectivity index (χ4v) is 4.04. The van der Waals surface area contributed by atoms with Crippen molar-refractivity contribution in [2.45, 2.75) is 90.8 Å². The van der Waals surface area contributed by atoms with Gasteiger partial charge < -0.3 is 23.6 Å². The zero-order chi connectivity index (χ0) is 23.1. The van der Waals surface area contributed by atoms with Gasteiger partial charge in [-0.15, -0.1) is 0 Å². The van der Waals surface area contributed by atoms with Gasteiger partial charge in [0.25, 0.3) is 0 Å². The maximum Gasteiger partial charge on any atom is 0.495 e. The van der Waals surface area contributed by atoms with Gasteiger partial charge in [-0.2, -0.15) is 0 Å². The van der Waals surface area contributed by atoms with Gasteiger partial charge in [0.2, 0.25) is 0 Å². The van der Waals surface area contributed by atoms with Gasteiger partial charge >= 0.3 is 7.12 Å². The van der Waals surface area contributed by atoms with Gasteiger partial charge in [-0.3, -0.25) is 0 Å². The van der Waals surface area contributed by atoms with E-state index in [1.165, 1.54) is 0 Å². The molecule has 8 heteroatoms. The Morgan fingerprint density at radius 2 is 1.63 bits per heavy atom. The van der Waals surface area contributed by atoms with E-state index in [-0.39, 0.29) is 18.3 Å². The molecule has 5 nitrogen and oxygen atoms in total. The highest BCUT2D eigenvalue weighted by molar-refractivity contribution is 6.74. The quantitative estimate of drug-likeness (QED) is 0.602. The molecule has 1 heterocycles. The highest BCUT2D eigenvalue weighted by Gasteiger charge is 2.52. The molecule has 1 aliphatic heterocycles. The summed E-state index contributed by atoms with van der Waals surface area (Å²) in [6, 6.07) is 3.72. The van der Waals surface area contributed by atoms with Crippen LogP contribution in [-0.2, 0) is 13.7 Å². The molecule has 1 fully saturated rings. The third-order valence-corrected chi connectivity index (χ3v) is 11.7. The summed E-state index contributed by atoms with van der Waals surface area (Å²) in [6.45, 7) is 21.2. The predicted molar refractivity (Wildman–Crippen MR) is 127 cm³/mol. The normalized spacial score (nSPS) is 19.8. The van der Waals surface area contributed by atoms with Crippen LogP contribution in [0.15, 0.2) is 12.1 Å². The molecule has 0 spiro atoms. The van der Waals surface area contributed by atoms with Crippen molar-refractivity contribution < 1.29 is 23.6 Å². The molecule has 2 rings (SSSR count). The Kier molecular flexibility index (Phi) is 7.50. The van der Waals surface area contributed by atoms with Crippen LogP contribution in [-0.4, -0.2) is 51.1 Å². The van der Waals surface area contributed by atoms with Gasteiger partial charge in [0.1, 0.15) is 18.5 Å². The lowest BCUT2D eigenvalue weighted by atomic mass is 9.76. The van der Waals surface area contributed by atoms with E-state index in [1.54, 1.807) is 6.07 Å².